The highest BCUT2D eigenvalue weighted by Crippen LogP contribution is 2.34. The molecule has 0 unspecified atom stereocenters. The molecule has 0 spiro atoms. The van der Waals surface area contributed by atoms with Gasteiger partial charge in [0.2, 0.25) is 10.0 Å². The van der Waals surface area contributed by atoms with E-state index in [1.54, 1.807) is 18.2 Å². The van der Waals surface area contributed by atoms with Gasteiger partial charge in [0.1, 0.15) is 16.4 Å². The Labute approximate surface area is 201 Å². The minimum Gasteiger partial charge on any atom is -0.456 e. The van der Waals surface area contributed by atoms with E-state index in [2.05, 4.69) is 4.90 Å². The number of hydrogen-bond acceptors (Lipinski definition) is 6. The number of halogens is 2. The average Bonchev–Trinajstić information content (AvgIpc) is 2.72. The maximum absolute atomic E-state index is 13.3. The Kier molecular flexibility index (Phi) is 9.70. The molecule has 2 aromatic rings. The van der Waals surface area contributed by atoms with Crippen molar-refractivity contribution in [3.05, 3.63) is 52.0 Å². The van der Waals surface area contributed by atoms with Gasteiger partial charge in [-0.15, -0.1) is 0 Å². The molecule has 3 N–H and O–H groups in total. The second-order valence-electron chi connectivity index (χ2n) is 6.83. The third kappa shape index (κ3) is 8.54. The number of likely N-dealkylation sites (N-methyl/N-ethyl adjacent to an activating group) is 1. The molecule has 0 aliphatic carbocycles. The maximum atomic E-state index is 13.3. The first kappa shape index (κ1) is 27.5. The van der Waals surface area contributed by atoms with E-state index in [0.717, 1.165) is 6.54 Å². The molecule has 2 aromatic carbocycles. The summed E-state index contributed by atoms with van der Waals surface area (Å²) >= 11 is 12.0. The number of hydrogen-bond donors (Lipinski definition) is 3. The van der Waals surface area contributed by atoms with Crippen molar-refractivity contribution in [1.82, 2.24) is 9.21 Å². The molecule has 0 atom stereocenters. The molecule has 0 aromatic heterocycles. The zero-order chi connectivity index (χ0) is 24.8. The Balaban J connectivity index is 0.000000696. The SMILES string of the molecule is CCN1CCN(S(=O)(=O)c2cc(C#N)ccc2Oc2cc(Cl)cc(Cl)c2)CC1.O=P(O)(O)O. The van der Waals surface area contributed by atoms with Crippen LogP contribution in [0.15, 0.2) is 41.3 Å². The predicted molar refractivity (Wildman–Crippen MR) is 123 cm³/mol. The van der Waals surface area contributed by atoms with Crippen LogP contribution in [0.5, 0.6) is 11.5 Å². The lowest BCUT2D eigenvalue weighted by molar-refractivity contribution is 0.196. The van der Waals surface area contributed by atoms with Crippen molar-refractivity contribution in [2.45, 2.75) is 11.8 Å². The van der Waals surface area contributed by atoms with Crippen molar-refractivity contribution in [3.63, 3.8) is 0 Å². The van der Waals surface area contributed by atoms with E-state index in [-0.39, 0.29) is 16.2 Å². The van der Waals surface area contributed by atoms with E-state index in [4.69, 9.17) is 47.2 Å². The van der Waals surface area contributed by atoms with Gasteiger partial charge in [-0.2, -0.15) is 9.57 Å². The summed E-state index contributed by atoms with van der Waals surface area (Å²) in [5.74, 6) is 0.435. The van der Waals surface area contributed by atoms with Crippen LogP contribution >= 0.6 is 31.0 Å². The van der Waals surface area contributed by atoms with Crippen LogP contribution in [-0.2, 0) is 14.6 Å². The number of rotatable bonds is 5. The van der Waals surface area contributed by atoms with Crippen molar-refractivity contribution in [3.8, 4) is 17.6 Å². The van der Waals surface area contributed by atoms with Crippen LogP contribution in [0.1, 0.15) is 12.5 Å². The van der Waals surface area contributed by atoms with Crippen molar-refractivity contribution in [1.29, 1.82) is 5.26 Å². The highest BCUT2D eigenvalue weighted by molar-refractivity contribution is 7.89. The summed E-state index contributed by atoms with van der Waals surface area (Å²) in [6.07, 6.45) is 0. The Morgan fingerprint density at radius 1 is 1.06 bits per heavy atom. The molecule has 1 fully saturated rings. The van der Waals surface area contributed by atoms with Gasteiger partial charge in [-0.1, -0.05) is 30.1 Å². The second kappa shape index (κ2) is 11.6. The van der Waals surface area contributed by atoms with Gasteiger partial charge >= 0.3 is 7.82 Å². The Morgan fingerprint density at radius 2 is 1.61 bits per heavy atom. The van der Waals surface area contributed by atoms with Crippen molar-refractivity contribution in [2.24, 2.45) is 0 Å². The summed E-state index contributed by atoms with van der Waals surface area (Å²) in [6, 6.07) is 10.9. The lowest BCUT2D eigenvalue weighted by atomic mass is 10.2. The monoisotopic (exact) mass is 537 g/mol. The van der Waals surface area contributed by atoms with Gasteiger partial charge in [0.15, 0.2) is 0 Å². The van der Waals surface area contributed by atoms with Crippen LogP contribution in [0.2, 0.25) is 10.0 Å². The van der Waals surface area contributed by atoms with E-state index < -0.39 is 17.8 Å². The van der Waals surface area contributed by atoms with Gasteiger partial charge in [-0.25, -0.2) is 13.0 Å². The predicted octanol–water partition coefficient (Wildman–Crippen LogP) is 3.05. The van der Waals surface area contributed by atoms with Crippen molar-refractivity contribution in [2.75, 3.05) is 32.7 Å². The molecule has 1 aliphatic heterocycles. The molecule has 3 rings (SSSR count). The van der Waals surface area contributed by atoms with Crippen LogP contribution in [0.25, 0.3) is 0 Å². The van der Waals surface area contributed by atoms with E-state index >= 15 is 0 Å². The van der Waals surface area contributed by atoms with Crippen LogP contribution in [-0.4, -0.2) is 65.0 Å². The number of nitrogens with zero attached hydrogens (tertiary/aromatic N) is 3. The molecule has 14 heteroatoms. The summed E-state index contributed by atoms with van der Waals surface area (Å²) in [5.41, 5.74) is 0.238. The van der Waals surface area contributed by atoms with Crippen LogP contribution < -0.4 is 4.74 Å². The fourth-order valence-electron chi connectivity index (χ4n) is 3.00. The lowest BCUT2D eigenvalue weighted by Gasteiger charge is -2.33. The molecular weight excluding hydrogens is 516 g/mol. The van der Waals surface area contributed by atoms with E-state index in [9.17, 15) is 13.7 Å². The first-order valence-corrected chi connectivity index (χ1v) is 13.3. The van der Waals surface area contributed by atoms with Gasteiger partial charge < -0.3 is 24.3 Å². The molecule has 1 aliphatic rings. The van der Waals surface area contributed by atoms with Crippen LogP contribution in [0, 0.1) is 11.3 Å². The minimum absolute atomic E-state index is 0.0485. The summed E-state index contributed by atoms with van der Waals surface area (Å²) in [6.45, 7) is 5.01. The second-order valence-corrected chi connectivity index (χ2v) is 10.6. The summed E-state index contributed by atoms with van der Waals surface area (Å²) in [4.78, 5) is 23.7. The molecule has 1 heterocycles. The molecule has 0 amide bonds. The molecule has 0 radical (unpaired) electrons. The van der Waals surface area contributed by atoms with Gasteiger partial charge in [-0.05, 0) is 42.9 Å². The molecule has 33 heavy (non-hydrogen) atoms. The Hall–Kier alpha value is -1.71. The summed E-state index contributed by atoms with van der Waals surface area (Å²) in [7, 11) is -8.47. The zero-order valence-corrected chi connectivity index (χ0v) is 20.7. The normalized spacial score (nSPS) is 15.3. The van der Waals surface area contributed by atoms with Crippen LogP contribution in [0.4, 0.5) is 0 Å². The van der Waals surface area contributed by atoms with Gasteiger partial charge in [0, 0.05) is 36.2 Å². The Bertz CT molecular complexity index is 1150. The molecule has 1 saturated heterocycles. The van der Waals surface area contributed by atoms with Crippen molar-refractivity contribution < 1.29 is 32.4 Å². The van der Waals surface area contributed by atoms with Crippen molar-refractivity contribution >= 4 is 41.0 Å². The molecule has 10 nitrogen and oxygen atoms in total. The number of phosphoric acid groups is 1. The summed E-state index contributed by atoms with van der Waals surface area (Å²) in [5, 5.41) is 9.96. The van der Waals surface area contributed by atoms with Crippen LogP contribution in [0.3, 0.4) is 0 Å². The van der Waals surface area contributed by atoms with E-state index in [0.29, 0.717) is 42.0 Å². The number of benzene rings is 2. The van der Waals surface area contributed by atoms with Gasteiger partial charge in [0.05, 0.1) is 11.6 Å². The number of nitriles is 1. The largest absolute Gasteiger partial charge is 0.466 e. The third-order valence-electron chi connectivity index (χ3n) is 4.53. The first-order valence-electron chi connectivity index (χ1n) is 9.52. The number of sulfonamides is 1. The number of piperazine rings is 1. The molecule has 0 saturated carbocycles. The fraction of sp³-hybridized carbons (Fsp3) is 0.316. The lowest BCUT2D eigenvalue weighted by Crippen LogP contribution is -2.48. The third-order valence-corrected chi connectivity index (χ3v) is 6.89. The van der Waals surface area contributed by atoms with Gasteiger partial charge in [-0.3, -0.25) is 0 Å². The minimum atomic E-state index is -4.64. The average molecular weight is 538 g/mol. The zero-order valence-electron chi connectivity index (χ0n) is 17.4. The van der Waals surface area contributed by atoms with E-state index in [1.807, 2.05) is 13.0 Å². The van der Waals surface area contributed by atoms with E-state index in [1.165, 1.54) is 22.5 Å². The molecular formula is C19H22Cl2N3O7PS. The highest BCUT2D eigenvalue weighted by Gasteiger charge is 2.31. The smallest absolute Gasteiger partial charge is 0.456 e. The maximum Gasteiger partial charge on any atom is 0.466 e. The van der Waals surface area contributed by atoms with Gasteiger partial charge in [0.25, 0.3) is 0 Å². The number of ether oxygens (including phenoxy) is 1. The topological polar surface area (TPSA) is 151 Å². The standard InChI is InChI=1S/C19H19Cl2N3O3S.H3O4P/c1-2-23-5-7-24(8-6-23)28(25,26)19-9-14(13-22)3-4-18(19)27-17-11-15(20)10-16(21)12-17;1-5(2,3)4/h3-4,9-12H,2,5-8H2,1H3;(H3,1,2,3,4). The Morgan fingerprint density at radius 3 is 2.09 bits per heavy atom. The molecule has 180 valence electrons. The quantitative estimate of drug-likeness (QED) is 0.488. The fourth-order valence-corrected chi connectivity index (χ4v) is 5.07. The highest BCUT2D eigenvalue weighted by atomic mass is 35.5. The summed E-state index contributed by atoms with van der Waals surface area (Å²) < 4.78 is 42.6. The first-order chi connectivity index (χ1) is 15.3. The molecule has 0 bridgehead atoms.